The van der Waals surface area contributed by atoms with Crippen molar-refractivity contribution < 1.29 is 14.4 Å². The Morgan fingerprint density at radius 2 is 1.53 bits per heavy atom. The van der Waals surface area contributed by atoms with Crippen LogP contribution < -0.4 is 5.32 Å². The van der Waals surface area contributed by atoms with Gasteiger partial charge < -0.3 is 5.32 Å². The quantitative estimate of drug-likeness (QED) is 0.360. The van der Waals surface area contributed by atoms with Gasteiger partial charge in [0.05, 0.1) is 21.8 Å². The van der Waals surface area contributed by atoms with Gasteiger partial charge in [-0.25, -0.2) is 4.98 Å². The van der Waals surface area contributed by atoms with E-state index in [1.54, 1.807) is 35.6 Å². The molecule has 0 aliphatic carbocycles. The van der Waals surface area contributed by atoms with Gasteiger partial charge in [-0.15, -0.1) is 11.3 Å². The number of hydrogen-bond acceptors (Lipinski definition) is 5. The first kappa shape index (κ1) is 23.6. The molecule has 180 valence electrons. The molecule has 0 bridgehead atoms. The molecule has 3 amide bonds. The van der Waals surface area contributed by atoms with Crippen molar-refractivity contribution in [2.75, 3.05) is 6.54 Å². The molecule has 5 rings (SSSR count). The van der Waals surface area contributed by atoms with Crippen molar-refractivity contribution in [3.05, 3.63) is 112 Å². The van der Waals surface area contributed by atoms with Gasteiger partial charge in [0.2, 0.25) is 5.91 Å². The summed E-state index contributed by atoms with van der Waals surface area (Å²) >= 11 is 1.62. The molecule has 4 aromatic rings. The molecule has 0 radical (unpaired) electrons. The number of fused-ring (bicyclic) bond motifs is 1. The topological polar surface area (TPSA) is 79.4 Å². The number of thiazole rings is 1. The van der Waals surface area contributed by atoms with Crippen LogP contribution in [0, 0.1) is 6.92 Å². The minimum Gasteiger partial charge on any atom is -0.354 e. The third kappa shape index (κ3) is 4.83. The Morgan fingerprint density at radius 3 is 2.14 bits per heavy atom. The van der Waals surface area contributed by atoms with Gasteiger partial charge in [0.15, 0.2) is 0 Å². The molecule has 3 aromatic carbocycles. The molecule has 1 unspecified atom stereocenters. The van der Waals surface area contributed by atoms with Gasteiger partial charge in [-0.05, 0) is 36.6 Å². The van der Waals surface area contributed by atoms with Gasteiger partial charge >= 0.3 is 0 Å². The van der Waals surface area contributed by atoms with Crippen LogP contribution in [-0.4, -0.2) is 40.2 Å². The van der Waals surface area contributed by atoms with E-state index >= 15 is 0 Å². The number of nitrogens with one attached hydrogen (secondary N) is 1. The van der Waals surface area contributed by atoms with Crippen LogP contribution in [0.15, 0.2) is 84.2 Å². The number of nitrogens with zero attached hydrogens (tertiary/aromatic N) is 2. The summed E-state index contributed by atoms with van der Waals surface area (Å²) in [6, 6.07) is 23.3. The molecule has 0 spiro atoms. The highest BCUT2D eigenvalue weighted by molar-refractivity contribution is 7.09. The van der Waals surface area contributed by atoms with Crippen molar-refractivity contribution >= 4 is 29.1 Å². The number of aromatic nitrogens is 1. The smallest absolute Gasteiger partial charge is 0.262 e. The summed E-state index contributed by atoms with van der Waals surface area (Å²) in [6.45, 7) is 2.38. The molecule has 1 aliphatic rings. The van der Waals surface area contributed by atoms with Crippen molar-refractivity contribution in [1.82, 2.24) is 15.2 Å². The third-order valence-corrected chi connectivity index (χ3v) is 7.07. The van der Waals surface area contributed by atoms with Crippen LogP contribution in [0.4, 0.5) is 0 Å². The van der Waals surface area contributed by atoms with Crippen LogP contribution in [0.2, 0.25) is 0 Å². The van der Waals surface area contributed by atoms with E-state index in [0.29, 0.717) is 24.1 Å². The van der Waals surface area contributed by atoms with Crippen molar-refractivity contribution in [1.29, 1.82) is 0 Å². The Morgan fingerprint density at radius 1 is 0.889 bits per heavy atom. The van der Waals surface area contributed by atoms with Gasteiger partial charge in [-0.3, -0.25) is 19.3 Å². The lowest BCUT2D eigenvalue weighted by Gasteiger charge is -2.25. The Labute approximate surface area is 213 Å². The number of hydrogen-bond donors (Lipinski definition) is 1. The summed E-state index contributed by atoms with van der Waals surface area (Å²) in [6.07, 6.45) is 0.877. The molecule has 0 fully saturated rings. The zero-order chi connectivity index (χ0) is 25.1. The van der Waals surface area contributed by atoms with Gasteiger partial charge in [-0.2, -0.15) is 0 Å². The average Bonchev–Trinajstić information content (AvgIpc) is 3.45. The number of imide groups is 1. The summed E-state index contributed by atoms with van der Waals surface area (Å²) in [5.74, 6) is -1.21. The van der Waals surface area contributed by atoms with E-state index < -0.39 is 17.9 Å². The zero-order valence-electron chi connectivity index (χ0n) is 19.8. The number of rotatable bonds is 8. The molecule has 0 saturated heterocycles. The van der Waals surface area contributed by atoms with Crippen molar-refractivity contribution in [2.24, 2.45) is 0 Å². The lowest BCUT2D eigenvalue weighted by Crippen LogP contribution is -2.51. The maximum absolute atomic E-state index is 13.3. The standard InChI is InChI=1S/C29H25N3O3S/c1-19-31-25(18-36-19)22-13-11-20(12-14-22)15-16-30-27(33)26(17-21-7-3-2-4-8-21)32-28(34)23-9-5-6-10-24(23)29(32)35/h2-14,18,26H,15-17H2,1H3,(H,30,33). The lowest BCUT2D eigenvalue weighted by molar-refractivity contribution is -0.125. The predicted octanol–water partition coefficient (Wildman–Crippen LogP) is 4.68. The molecule has 2 heterocycles. The maximum Gasteiger partial charge on any atom is 0.262 e. The molecular formula is C29H25N3O3S. The highest BCUT2D eigenvalue weighted by Crippen LogP contribution is 2.26. The number of carbonyl (C=O) groups excluding carboxylic acids is 3. The first-order valence-corrected chi connectivity index (χ1v) is 12.7. The van der Waals surface area contributed by atoms with Gasteiger partial charge in [0.25, 0.3) is 11.8 Å². The molecule has 1 aromatic heterocycles. The average molecular weight is 496 g/mol. The van der Waals surface area contributed by atoms with Crippen LogP contribution in [-0.2, 0) is 17.6 Å². The molecule has 1 aliphatic heterocycles. The molecule has 1 N–H and O–H groups in total. The van der Waals surface area contributed by atoms with Gasteiger partial charge in [0.1, 0.15) is 6.04 Å². The van der Waals surface area contributed by atoms with E-state index in [4.69, 9.17) is 0 Å². The van der Waals surface area contributed by atoms with Gasteiger partial charge in [-0.1, -0.05) is 66.7 Å². The van der Waals surface area contributed by atoms with E-state index in [-0.39, 0.29) is 12.3 Å². The minimum atomic E-state index is -0.935. The van der Waals surface area contributed by atoms with Crippen molar-refractivity contribution in [3.63, 3.8) is 0 Å². The molecule has 6 nitrogen and oxygen atoms in total. The lowest BCUT2D eigenvalue weighted by atomic mass is 10.0. The van der Waals surface area contributed by atoms with Crippen molar-refractivity contribution in [2.45, 2.75) is 25.8 Å². The fourth-order valence-corrected chi connectivity index (χ4v) is 5.04. The first-order valence-electron chi connectivity index (χ1n) is 11.8. The minimum absolute atomic E-state index is 0.250. The van der Waals surface area contributed by atoms with E-state index in [9.17, 15) is 14.4 Å². The van der Waals surface area contributed by atoms with Crippen molar-refractivity contribution in [3.8, 4) is 11.3 Å². The molecule has 7 heteroatoms. The number of benzene rings is 3. The SMILES string of the molecule is Cc1nc(-c2ccc(CCNC(=O)C(Cc3ccccc3)N3C(=O)c4ccccc4C3=O)cc2)cs1. The zero-order valence-corrected chi connectivity index (χ0v) is 20.6. The normalized spacial score (nSPS) is 13.5. The number of amides is 3. The second kappa shape index (κ2) is 10.3. The third-order valence-electron chi connectivity index (χ3n) is 6.29. The number of aryl methyl sites for hydroxylation is 1. The summed E-state index contributed by atoms with van der Waals surface area (Å²) in [7, 11) is 0. The predicted molar refractivity (Wildman–Crippen MR) is 140 cm³/mol. The molecule has 0 saturated carbocycles. The Bertz CT molecular complexity index is 1380. The highest BCUT2D eigenvalue weighted by Gasteiger charge is 2.42. The monoisotopic (exact) mass is 495 g/mol. The van der Waals surface area contributed by atoms with Crippen LogP contribution in [0.3, 0.4) is 0 Å². The van der Waals surface area contributed by atoms with Crippen LogP contribution in [0.1, 0.15) is 36.9 Å². The highest BCUT2D eigenvalue weighted by atomic mass is 32.1. The van der Waals surface area contributed by atoms with E-state index in [1.165, 1.54) is 0 Å². The van der Waals surface area contributed by atoms with Crippen LogP contribution >= 0.6 is 11.3 Å². The fourth-order valence-electron chi connectivity index (χ4n) is 4.42. The maximum atomic E-state index is 13.3. The Balaban J connectivity index is 1.28. The fraction of sp³-hybridized carbons (Fsp3) is 0.172. The van der Waals surface area contributed by atoms with Crippen LogP contribution in [0.25, 0.3) is 11.3 Å². The molecule has 1 atom stereocenters. The molecule has 36 heavy (non-hydrogen) atoms. The Hall–Kier alpha value is -4.10. The van der Waals surface area contributed by atoms with Crippen LogP contribution in [0.5, 0.6) is 0 Å². The largest absolute Gasteiger partial charge is 0.354 e. The summed E-state index contributed by atoms with van der Waals surface area (Å²) in [5, 5.41) is 6.02. The Kier molecular flexibility index (Phi) is 6.73. The van der Waals surface area contributed by atoms with E-state index in [1.807, 2.05) is 66.9 Å². The second-order valence-electron chi connectivity index (χ2n) is 8.72. The first-order chi connectivity index (χ1) is 17.5. The van der Waals surface area contributed by atoms with E-state index in [0.717, 1.165) is 32.3 Å². The number of carbonyl (C=O) groups is 3. The summed E-state index contributed by atoms with van der Waals surface area (Å²) in [4.78, 5) is 45.2. The van der Waals surface area contributed by atoms with Gasteiger partial charge in [0, 0.05) is 23.9 Å². The van der Waals surface area contributed by atoms with E-state index in [2.05, 4.69) is 10.3 Å². The summed E-state index contributed by atoms with van der Waals surface area (Å²) < 4.78 is 0. The molecular weight excluding hydrogens is 470 g/mol. The second-order valence-corrected chi connectivity index (χ2v) is 9.78. The summed E-state index contributed by atoms with van der Waals surface area (Å²) in [5.41, 5.74) is 4.64.